The average molecular weight is 390 g/mol. The summed E-state index contributed by atoms with van der Waals surface area (Å²) in [4.78, 5) is 14.9. The number of carbonyl (C=O) groups excluding carboxylic acids is 1. The van der Waals surface area contributed by atoms with Crippen molar-refractivity contribution >= 4 is 11.9 Å². The Balaban J connectivity index is 1.53. The van der Waals surface area contributed by atoms with Gasteiger partial charge in [0.25, 0.3) is 0 Å². The number of amides is 1. The zero-order valence-electron chi connectivity index (χ0n) is 16.7. The monoisotopic (exact) mass is 390 g/mol. The molecule has 4 rings (SSSR count). The Bertz CT molecular complexity index is 931. The Labute approximate surface area is 170 Å². The lowest BCUT2D eigenvalue weighted by atomic mass is 10.1. The van der Waals surface area contributed by atoms with Crippen LogP contribution < -0.4 is 10.2 Å². The molecule has 6 nitrogen and oxygen atoms in total. The summed E-state index contributed by atoms with van der Waals surface area (Å²) in [7, 11) is 0. The molecule has 0 saturated carbocycles. The van der Waals surface area contributed by atoms with E-state index in [-0.39, 0.29) is 5.91 Å². The van der Waals surface area contributed by atoms with Gasteiger partial charge in [0, 0.05) is 13.1 Å². The molecule has 1 amide bonds. The van der Waals surface area contributed by atoms with Crippen LogP contribution in [0.1, 0.15) is 47.9 Å². The molecular weight excluding hydrogens is 364 g/mol. The fraction of sp³-hybridized carbons (Fsp3) is 0.348. The summed E-state index contributed by atoms with van der Waals surface area (Å²) in [5.74, 6) is 0.328. The fourth-order valence-corrected chi connectivity index (χ4v) is 3.59. The Kier molecular flexibility index (Phi) is 5.89. The van der Waals surface area contributed by atoms with Crippen molar-refractivity contribution in [1.29, 1.82) is 0 Å². The van der Waals surface area contributed by atoms with Gasteiger partial charge in [0.2, 0.25) is 11.8 Å². The van der Waals surface area contributed by atoms with Crippen molar-refractivity contribution in [3.63, 3.8) is 0 Å². The summed E-state index contributed by atoms with van der Waals surface area (Å²) in [6, 6.07) is 17.8. The number of benzene rings is 2. The van der Waals surface area contributed by atoms with E-state index in [1.807, 2.05) is 61.5 Å². The first-order valence-electron chi connectivity index (χ1n) is 10.2. The summed E-state index contributed by atoms with van der Waals surface area (Å²) in [5.41, 5.74) is 3.06. The van der Waals surface area contributed by atoms with E-state index < -0.39 is 6.04 Å². The third kappa shape index (κ3) is 4.83. The lowest BCUT2D eigenvalue weighted by Crippen LogP contribution is -2.31. The summed E-state index contributed by atoms with van der Waals surface area (Å²) in [6.45, 7) is 3.89. The maximum atomic E-state index is 12.8. The van der Waals surface area contributed by atoms with E-state index in [4.69, 9.17) is 4.42 Å². The van der Waals surface area contributed by atoms with Gasteiger partial charge in [-0.05, 0) is 37.3 Å². The number of carbonyl (C=O) groups is 1. The molecule has 2 aromatic carbocycles. The van der Waals surface area contributed by atoms with Gasteiger partial charge < -0.3 is 14.6 Å². The molecule has 1 fully saturated rings. The zero-order chi connectivity index (χ0) is 20.1. The molecule has 1 atom stereocenters. The van der Waals surface area contributed by atoms with Crippen molar-refractivity contribution in [2.24, 2.45) is 0 Å². The molecular formula is C23H26N4O2. The lowest BCUT2D eigenvalue weighted by Gasteiger charge is -2.24. The van der Waals surface area contributed by atoms with Crippen LogP contribution in [0.2, 0.25) is 0 Å². The van der Waals surface area contributed by atoms with Crippen molar-refractivity contribution in [2.45, 2.75) is 38.6 Å². The van der Waals surface area contributed by atoms with E-state index in [2.05, 4.69) is 20.4 Å². The van der Waals surface area contributed by atoms with Gasteiger partial charge >= 0.3 is 6.01 Å². The second-order valence-electron chi connectivity index (χ2n) is 7.54. The molecule has 0 spiro atoms. The Morgan fingerprint density at radius 1 is 1.03 bits per heavy atom. The molecule has 1 saturated heterocycles. The third-order valence-electron chi connectivity index (χ3n) is 5.23. The molecule has 0 aliphatic carbocycles. The Morgan fingerprint density at radius 2 is 1.76 bits per heavy atom. The summed E-state index contributed by atoms with van der Waals surface area (Å²) < 4.78 is 6.00. The number of rotatable bonds is 6. The minimum absolute atomic E-state index is 0.0829. The van der Waals surface area contributed by atoms with E-state index in [9.17, 15) is 4.79 Å². The van der Waals surface area contributed by atoms with E-state index in [1.165, 1.54) is 12.0 Å². The highest BCUT2D eigenvalue weighted by atomic mass is 16.4. The van der Waals surface area contributed by atoms with Crippen LogP contribution in [-0.2, 0) is 11.2 Å². The summed E-state index contributed by atoms with van der Waals surface area (Å²) >= 11 is 0. The number of aromatic nitrogens is 2. The number of nitrogens with zero attached hydrogens (tertiary/aromatic N) is 3. The molecule has 1 unspecified atom stereocenters. The largest absolute Gasteiger partial charge is 0.405 e. The standard InChI is InChI=1S/C23H26N4O2/c1-17-10-12-18(13-11-17)16-20(28)24-21(19-8-4-2-5-9-19)22-25-26-23(29-22)27-14-6-3-7-15-27/h2,4-5,8-13,21H,3,6-7,14-16H2,1H3,(H,24,28). The third-order valence-corrected chi connectivity index (χ3v) is 5.23. The van der Waals surface area contributed by atoms with E-state index >= 15 is 0 Å². The highest BCUT2D eigenvalue weighted by Gasteiger charge is 2.25. The van der Waals surface area contributed by atoms with E-state index in [1.54, 1.807) is 0 Å². The lowest BCUT2D eigenvalue weighted by molar-refractivity contribution is -0.121. The number of nitrogens with one attached hydrogen (secondary N) is 1. The quantitative estimate of drug-likeness (QED) is 0.693. The highest BCUT2D eigenvalue weighted by molar-refractivity contribution is 5.79. The van der Waals surface area contributed by atoms with Crippen molar-refractivity contribution < 1.29 is 9.21 Å². The van der Waals surface area contributed by atoms with Gasteiger partial charge in [0.15, 0.2) is 0 Å². The molecule has 0 bridgehead atoms. The molecule has 3 aromatic rings. The summed E-state index contributed by atoms with van der Waals surface area (Å²) in [6.07, 6.45) is 3.80. The van der Waals surface area contributed by atoms with Crippen LogP contribution in [0.3, 0.4) is 0 Å². The number of hydrogen-bond donors (Lipinski definition) is 1. The van der Waals surface area contributed by atoms with Crippen LogP contribution in [0.25, 0.3) is 0 Å². The molecule has 150 valence electrons. The first-order chi connectivity index (χ1) is 14.2. The van der Waals surface area contributed by atoms with Crippen LogP contribution in [0.5, 0.6) is 0 Å². The number of hydrogen-bond acceptors (Lipinski definition) is 5. The van der Waals surface area contributed by atoms with Gasteiger partial charge in [-0.1, -0.05) is 65.3 Å². The predicted octanol–water partition coefficient (Wildman–Crippen LogP) is 3.82. The Morgan fingerprint density at radius 3 is 2.48 bits per heavy atom. The van der Waals surface area contributed by atoms with Crippen molar-refractivity contribution in [1.82, 2.24) is 15.5 Å². The molecule has 1 aliphatic heterocycles. The fourth-order valence-electron chi connectivity index (χ4n) is 3.59. The topological polar surface area (TPSA) is 71.3 Å². The molecule has 1 aromatic heterocycles. The van der Waals surface area contributed by atoms with Gasteiger partial charge in [-0.3, -0.25) is 4.79 Å². The van der Waals surface area contributed by atoms with Gasteiger partial charge in [-0.25, -0.2) is 0 Å². The maximum Gasteiger partial charge on any atom is 0.318 e. The van der Waals surface area contributed by atoms with Crippen LogP contribution in [-0.4, -0.2) is 29.2 Å². The second-order valence-corrected chi connectivity index (χ2v) is 7.54. The minimum Gasteiger partial charge on any atom is -0.405 e. The van der Waals surface area contributed by atoms with Crippen LogP contribution >= 0.6 is 0 Å². The van der Waals surface area contributed by atoms with Crippen LogP contribution in [0.4, 0.5) is 6.01 Å². The Hall–Kier alpha value is -3.15. The first-order valence-corrected chi connectivity index (χ1v) is 10.2. The molecule has 6 heteroatoms. The van der Waals surface area contributed by atoms with E-state index in [0.717, 1.165) is 37.1 Å². The van der Waals surface area contributed by atoms with Crippen molar-refractivity contribution in [3.8, 4) is 0 Å². The highest BCUT2D eigenvalue weighted by Crippen LogP contribution is 2.25. The maximum absolute atomic E-state index is 12.8. The molecule has 0 radical (unpaired) electrons. The first kappa shape index (κ1) is 19.2. The van der Waals surface area contributed by atoms with Crippen LogP contribution in [0, 0.1) is 6.92 Å². The van der Waals surface area contributed by atoms with Crippen molar-refractivity contribution in [3.05, 3.63) is 77.2 Å². The second kappa shape index (κ2) is 8.90. The molecule has 1 aliphatic rings. The van der Waals surface area contributed by atoms with Gasteiger partial charge in [0.05, 0.1) is 6.42 Å². The van der Waals surface area contributed by atoms with Gasteiger partial charge in [-0.15, -0.1) is 5.10 Å². The zero-order valence-corrected chi connectivity index (χ0v) is 16.7. The van der Waals surface area contributed by atoms with Gasteiger partial charge in [-0.2, -0.15) is 0 Å². The minimum atomic E-state index is -0.472. The molecule has 2 heterocycles. The number of aryl methyl sites for hydroxylation is 1. The van der Waals surface area contributed by atoms with E-state index in [0.29, 0.717) is 18.3 Å². The molecule has 1 N–H and O–H groups in total. The summed E-state index contributed by atoms with van der Waals surface area (Å²) in [5, 5.41) is 11.6. The smallest absolute Gasteiger partial charge is 0.318 e. The predicted molar refractivity (Wildman–Crippen MR) is 112 cm³/mol. The van der Waals surface area contributed by atoms with Crippen LogP contribution in [0.15, 0.2) is 59.0 Å². The van der Waals surface area contributed by atoms with Crippen molar-refractivity contribution in [2.75, 3.05) is 18.0 Å². The molecule has 29 heavy (non-hydrogen) atoms. The number of piperidine rings is 1. The SMILES string of the molecule is Cc1ccc(CC(=O)NC(c2ccccc2)c2nnc(N3CCCCC3)o2)cc1. The number of anilines is 1. The average Bonchev–Trinajstić information content (AvgIpc) is 3.25. The van der Waals surface area contributed by atoms with Gasteiger partial charge in [0.1, 0.15) is 6.04 Å². The normalized spacial score (nSPS) is 15.1.